The molecule has 7 heteroatoms. The lowest BCUT2D eigenvalue weighted by molar-refractivity contribution is -0.123. The third kappa shape index (κ3) is 9.31. The van der Waals surface area contributed by atoms with Gasteiger partial charge in [-0.15, -0.1) is 12.4 Å². The standard InChI is InChI=1S/C18H30N4O2.ClH/c1-12(2)9-16(17(23)21-14(4)10-19)22-18(24)20-11-15-7-5-13(3)6-8-15;/h5-8,12,14,16H,9-11,19H2,1-4H3,(H,21,23)(H2,20,22,24);1H/t14-,16?;/m0./s1. The maximum absolute atomic E-state index is 12.3. The molecule has 0 aromatic heterocycles. The number of nitrogens with two attached hydrogens (primary N) is 1. The molecule has 6 nitrogen and oxygen atoms in total. The highest BCUT2D eigenvalue weighted by Gasteiger charge is 2.22. The molecular formula is C18H31ClN4O2. The molecular weight excluding hydrogens is 340 g/mol. The molecule has 0 aliphatic carbocycles. The summed E-state index contributed by atoms with van der Waals surface area (Å²) in [5, 5.41) is 8.36. The number of hydrogen-bond donors (Lipinski definition) is 4. The Kier molecular flexibility index (Phi) is 10.9. The van der Waals surface area contributed by atoms with E-state index < -0.39 is 6.04 Å². The Morgan fingerprint density at radius 3 is 2.20 bits per heavy atom. The SMILES string of the molecule is Cc1ccc(CNC(=O)NC(CC(C)C)C(=O)N[C@@H](C)CN)cc1.Cl. The van der Waals surface area contributed by atoms with E-state index in [1.54, 1.807) is 0 Å². The number of amides is 3. The Morgan fingerprint density at radius 2 is 1.68 bits per heavy atom. The van der Waals surface area contributed by atoms with E-state index in [-0.39, 0.29) is 36.3 Å². The molecule has 3 amide bonds. The van der Waals surface area contributed by atoms with Crippen molar-refractivity contribution in [3.8, 4) is 0 Å². The van der Waals surface area contributed by atoms with Crippen LogP contribution in [0.1, 0.15) is 38.3 Å². The summed E-state index contributed by atoms with van der Waals surface area (Å²) in [6.45, 7) is 8.65. The van der Waals surface area contributed by atoms with Crippen LogP contribution >= 0.6 is 12.4 Å². The smallest absolute Gasteiger partial charge is 0.315 e. The molecule has 0 bridgehead atoms. The number of hydrogen-bond acceptors (Lipinski definition) is 3. The van der Waals surface area contributed by atoms with Gasteiger partial charge in [0.2, 0.25) is 5.91 Å². The van der Waals surface area contributed by atoms with Crippen molar-refractivity contribution in [1.29, 1.82) is 0 Å². The van der Waals surface area contributed by atoms with Crippen molar-refractivity contribution < 1.29 is 9.59 Å². The fraction of sp³-hybridized carbons (Fsp3) is 0.556. The van der Waals surface area contributed by atoms with E-state index >= 15 is 0 Å². The molecule has 1 aromatic carbocycles. The summed E-state index contributed by atoms with van der Waals surface area (Å²) in [4.78, 5) is 24.4. The summed E-state index contributed by atoms with van der Waals surface area (Å²) in [6, 6.07) is 6.89. The van der Waals surface area contributed by atoms with Crippen LogP contribution in [0.15, 0.2) is 24.3 Å². The summed E-state index contributed by atoms with van der Waals surface area (Å²) >= 11 is 0. The first-order chi connectivity index (χ1) is 11.3. The minimum Gasteiger partial charge on any atom is -0.351 e. The van der Waals surface area contributed by atoms with Crippen molar-refractivity contribution >= 4 is 24.3 Å². The molecule has 0 radical (unpaired) electrons. The lowest BCUT2D eigenvalue weighted by atomic mass is 10.0. The number of urea groups is 1. The first-order valence-electron chi connectivity index (χ1n) is 8.42. The van der Waals surface area contributed by atoms with Gasteiger partial charge in [-0.3, -0.25) is 4.79 Å². The van der Waals surface area contributed by atoms with Crippen molar-refractivity contribution in [3.05, 3.63) is 35.4 Å². The quantitative estimate of drug-likeness (QED) is 0.564. The summed E-state index contributed by atoms with van der Waals surface area (Å²) in [5.74, 6) is 0.0819. The molecule has 0 aliphatic rings. The lowest BCUT2D eigenvalue weighted by Gasteiger charge is -2.22. The molecule has 1 unspecified atom stereocenters. The Morgan fingerprint density at radius 1 is 1.08 bits per heavy atom. The van der Waals surface area contributed by atoms with E-state index in [9.17, 15) is 9.59 Å². The molecule has 5 N–H and O–H groups in total. The Labute approximate surface area is 156 Å². The van der Waals surface area contributed by atoms with Crippen LogP contribution in [0.4, 0.5) is 4.79 Å². The van der Waals surface area contributed by atoms with Crippen LogP contribution in [-0.2, 0) is 11.3 Å². The second-order valence-corrected chi connectivity index (χ2v) is 6.64. The summed E-state index contributed by atoms with van der Waals surface area (Å²) in [7, 11) is 0. The molecule has 0 saturated heterocycles. The highest BCUT2D eigenvalue weighted by molar-refractivity contribution is 5.87. The molecule has 0 saturated carbocycles. The van der Waals surface area contributed by atoms with Crippen molar-refractivity contribution in [3.63, 3.8) is 0 Å². The molecule has 0 heterocycles. The Bertz CT molecular complexity index is 534. The number of aryl methyl sites for hydroxylation is 1. The predicted octanol–water partition coefficient (Wildman–Crippen LogP) is 2.09. The van der Waals surface area contributed by atoms with Crippen LogP contribution in [0.3, 0.4) is 0 Å². The van der Waals surface area contributed by atoms with Gasteiger partial charge in [-0.25, -0.2) is 4.79 Å². The minimum atomic E-state index is -0.572. The van der Waals surface area contributed by atoms with Gasteiger partial charge in [0.05, 0.1) is 0 Å². The summed E-state index contributed by atoms with van der Waals surface area (Å²) < 4.78 is 0. The zero-order valence-corrected chi connectivity index (χ0v) is 16.3. The average Bonchev–Trinajstić information content (AvgIpc) is 2.53. The van der Waals surface area contributed by atoms with Crippen molar-refractivity contribution in [2.45, 2.75) is 52.7 Å². The topological polar surface area (TPSA) is 96.2 Å². The van der Waals surface area contributed by atoms with Crippen LogP contribution < -0.4 is 21.7 Å². The van der Waals surface area contributed by atoms with Gasteiger partial charge in [-0.05, 0) is 31.7 Å². The number of carbonyl (C=O) groups is 2. The van der Waals surface area contributed by atoms with Gasteiger partial charge in [-0.1, -0.05) is 43.7 Å². The van der Waals surface area contributed by atoms with E-state index in [4.69, 9.17) is 5.73 Å². The molecule has 1 rings (SSSR count). The van der Waals surface area contributed by atoms with Crippen LogP contribution in [-0.4, -0.2) is 30.6 Å². The van der Waals surface area contributed by atoms with E-state index in [1.165, 1.54) is 5.56 Å². The number of rotatable bonds is 8. The monoisotopic (exact) mass is 370 g/mol. The van der Waals surface area contributed by atoms with Crippen molar-refractivity contribution in [2.24, 2.45) is 11.7 Å². The molecule has 2 atom stereocenters. The van der Waals surface area contributed by atoms with Crippen molar-refractivity contribution in [1.82, 2.24) is 16.0 Å². The normalized spacial score (nSPS) is 12.7. The van der Waals surface area contributed by atoms with Gasteiger partial charge in [0.1, 0.15) is 6.04 Å². The highest BCUT2D eigenvalue weighted by atomic mass is 35.5. The van der Waals surface area contributed by atoms with Gasteiger partial charge >= 0.3 is 6.03 Å². The van der Waals surface area contributed by atoms with E-state index in [0.29, 0.717) is 19.5 Å². The molecule has 0 aliphatic heterocycles. The largest absolute Gasteiger partial charge is 0.351 e. The molecule has 1 aromatic rings. The molecule has 25 heavy (non-hydrogen) atoms. The Hall–Kier alpha value is -1.79. The average molecular weight is 371 g/mol. The van der Waals surface area contributed by atoms with Gasteiger partial charge in [-0.2, -0.15) is 0 Å². The number of benzene rings is 1. The van der Waals surface area contributed by atoms with E-state index in [0.717, 1.165) is 5.56 Å². The third-order valence-corrected chi connectivity index (χ3v) is 3.64. The Balaban J connectivity index is 0.00000576. The zero-order chi connectivity index (χ0) is 18.1. The molecule has 0 fully saturated rings. The number of carbonyl (C=O) groups excluding carboxylic acids is 2. The van der Waals surface area contributed by atoms with Gasteiger partial charge < -0.3 is 21.7 Å². The first-order valence-corrected chi connectivity index (χ1v) is 8.42. The van der Waals surface area contributed by atoms with Crippen molar-refractivity contribution in [2.75, 3.05) is 6.54 Å². The van der Waals surface area contributed by atoms with Gasteiger partial charge in [0.15, 0.2) is 0 Å². The van der Waals surface area contributed by atoms with Crippen LogP contribution in [0.25, 0.3) is 0 Å². The van der Waals surface area contributed by atoms with Gasteiger partial charge in [0, 0.05) is 19.1 Å². The number of nitrogens with one attached hydrogen (secondary N) is 3. The highest BCUT2D eigenvalue weighted by Crippen LogP contribution is 2.06. The summed E-state index contributed by atoms with van der Waals surface area (Å²) in [5.41, 5.74) is 7.71. The maximum Gasteiger partial charge on any atom is 0.315 e. The second-order valence-electron chi connectivity index (χ2n) is 6.64. The fourth-order valence-electron chi connectivity index (χ4n) is 2.20. The minimum absolute atomic E-state index is 0. The van der Waals surface area contributed by atoms with Crippen LogP contribution in [0, 0.1) is 12.8 Å². The summed E-state index contributed by atoms with van der Waals surface area (Å²) in [6.07, 6.45) is 0.571. The predicted molar refractivity (Wildman–Crippen MR) is 104 cm³/mol. The molecule has 0 spiro atoms. The van der Waals surface area contributed by atoms with Gasteiger partial charge in [0.25, 0.3) is 0 Å². The second kappa shape index (κ2) is 11.7. The lowest BCUT2D eigenvalue weighted by Crippen LogP contribution is -2.53. The zero-order valence-electron chi connectivity index (χ0n) is 15.5. The fourth-order valence-corrected chi connectivity index (χ4v) is 2.20. The van der Waals surface area contributed by atoms with Crippen LogP contribution in [0.2, 0.25) is 0 Å². The van der Waals surface area contributed by atoms with E-state index in [2.05, 4.69) is 16.0 Å². The molecule has 142 valence electrons. The number of halogens is 1. The third-order valence-electron chi connectivity index (χ3n) is 3.64. The first kappa shape index (κ1) is 23.2. The van der Waals surface area contributed by atoms with E-state index in [1.807, 2.05) is 52.0 Å². The van der Waals surface area contributed by atoms with Crippen LogP contribution in [0.5, 0.6) is 0 Å². The maximum atomic E-state index is 12.3.